The average molecular weight is 452 g/mol. The molecule has 0 saturated carbocycles. The number of aromatic nitrogens is 1. The van der Waals surface area contributed by atoms with E-state index in [-0.39, 0.29) is 23.4 Å². The number of aliphatic carboxylic acids is 1. The third kappa shape index (κ3) is 6.43. The third-order valence-corrected chi connectivity index (χ3v) is 6.84. The highest BCUT2D eigenvalue weighted by atomic mass is 35.5. The highest BCUT2D eigenvalue weighted by molar-refractivity contribution is 7.89. The van der Waals surface area contributed by atoms with Crippen LogP contribution in [0.2, 0.25) is 5.02 Å². The van der Waals surface area contributed by atoms with Crippen LogP contribution in [0.1, 0.15) is 31.4 Å². The summed E-state index contributed by atoms with van der Waals surface area (Å²) in [5, 5.41) is 9.24. The summed E-state index contributed by atoms with van der Waals surface area (Å²) in [6, 6.07) is 9.88. The number of carboxylic acids is 1. The van der Waals surface area contributed by atoms with Gasteiger partial charge in [-0.1, -0.05) is 23.8 Å². The molecule has 0 spiro atoms. The fourth-order valence-electron chi connectivity index (χ4n) is 3.61. The molecule has 0 bridgehead atoms. The molecule has 3 rings (SSSR count). The second-order valence-corrected chi connectivity index (χ2v) is 9.56. The summed E-state index contributed by atoms with van der Waals surface area (Å²) >= 11 is 5.86. The molecule has 0 amide bonds. The Balaban J connectivity index is 1.66. The van der Waals surface area contributed by atoms with Gasteiger partial charge in [0.2, 0.25) is 10.0 Å². The van der Waals surface area contributed by atoms with E-state index >= 15 is 0 Å². The molecule has 0 aliphatic carbocycles. The van der Waals surface area contributed by atoms with E-state index in [1.165, 1.54) is 12.1 Å². The topological polar surface area (TPSA) is 102 Å². The predicted molar refractivity (Wildman–Crippen MR) is 116 cm³/mol. The van der Waals surface area contributed by atoms with Gasteiger partial charge in [-0.3, -0.25) is 9.69 Å². The van der Waals surface area contributed by atoms with Crippen molar-refractivity contribution in [2.24, 2.45) is 0 Å². The first kappa shape index (κ1) is 22.6. The molecule has 1 saturated heterocycles. The Morgan fingerprint density at radius 1 is 1.30 bits per heavy atom. The van der Waals surface area contributed by atoms with E-state index in [1.54, 1.807) is 12.1 Å². The van der Waals surface area contributed by atoms with Gasteiger partial charge in [-0.25, -0.2) is 13.1 Å². The van der Waals surface area contributed by atoms with Crippen LogP contribution in [0.5, 0.6) is 0 Å². The van der Waals surface area contributed by atoms with E-state index in [1.807, 2.05) is 24.4 Å². The number of carbonyl (C=O) groups is 1. The van der Waals surface area contributed by atoms with E-state index in [0.29, 0.717) is 37.4 Å². The molecule has 2 heterocycles. The van der Waals surface area contributed by atoms with Gasteiger partial charge in [0.1, 0.15) is 0 Å². The van der Waals surface area contributed by atoms with Crippen LogP contribution in [0.25, 0.3) is 0 Å². The molecule has 2 atom stereocenters. The number of nitrogens with zero attached hydrogens (tertiary/aromatic N) is 1. The van der Waals surface area contributed by atoms with Crippen molar-refractivity contribution in [3.8, 4) is 0 Å². The summed E-state index contributed by atoms with van der Waals surface area (Å²) < 4.78 is 28.3. The minimum absolute atomic E-state index is 0.0658. The summed E-state index contributed by atoms with van der Waals surface area (Å²) in [5.41, 5.74) is 1.06. The zero-order chi connectivity index (χ0) is 21.6. The van der Waals surface area contributed by atoms with Crippen molar-refractivity contribution < 1.29 is 18.3 Å². The number of halogens is 1. The number of sulfonamides is 1. The lowest BCUT2D eigenvalue weighted by atomic mass is 10.1. The summed E-state index contributed by atoms with van der Waals surface area (Å²) in [6.45, 7) is 1.26. The largest absolute Gasteiger partial charge is 0.481 e. The number of benzene rings is 1. The van der Waals surface area contributed by atoms with E-state index in [4.69, 9.17) is 16.7 Å². The van der Waals surface area contributed by atoms with Crippen LogP contribution in [0.4, 0.5) is 0 Å². The molecule has 3 N–H and O–H groups in total. The van der Waals surface area contributed by atoms with Crippen molar-refractivity contribution in [3.63, 3.8) is 0 Å². The standard InChI is InChI=1S/C21H26ClN3O4S/c22-16-8-10-20(11-9-16)30(28,29)24-18-13-19(6-2-1-3-7-21(26)27)25(15-18)14-17-5-4-12-23-17/h2,4-6,8-12,18-19,23-24H,1,3,7,13-15H2,(H,26,27)/b6-2-/t18-,19-/m1/s1. The van der Waals surface area contributed by atoms with Gasteiger partial charge < -0.3 is 10.1 Å². The molecule has 1 aromatic carbocycles. The highest BCUT2D eigenvalue weighted by Gasteiger charge is 2.33. The van der Waals surface area contributed by atoms with Crippen LogP contribution in [0.15, 0.2) is 59.6 Å². The molecule has 1 aliphatic rings. The number of H-pyrrole nitrogens is 1. The molecule has 0 unspecified atom stereocenters. The molecule has 30 heavy (non-hydrogen) atoms. The van der Waals surface area contributed by atoms with Gasteiger partial charge in [0.15, 0.2) is 0 Å². The molecule has 1 aromatic heterocycles. The Labute approximate surface area is 181 Å². The summed E-state index contributed by atoms with van der Waals surface area (Å²) in [7, 11) is -3.64. The highest BCUT2D eigenvalue weighted by Crippen LogP contribution is 2.24. The van der Waals surface area contributed by atoms with Crippen molar-refractivity contribution in [1.29, 1.82) is 0 Å². The molecule has 0 radical (unpaired) electrons. The average Bonchev–Trinajstić information content (AvgIpc) is 3.32. The number of allylic oxidation sites excluding steroid dienone is 1. The fraction of sp³-hybridized carbons (Fsp3) is 0.381. The summed E-state index contributed by atoms with van der Waals surface area (Å²) in [5.74, 6) is -0.797. The minimum Gasteiger partial charge on any atom is -0.481 e. The maximum absolute atomic E-state index is 12.7. The van der Waals surface area contributed by atoms with Crippen LogP contribution >= 0.6 is 11.6 Å². The normalized spacial score (nSPS) is 20.2. The second-order valence-electron chi connectivity index (χ2n) is 7.41. The van der Waals surface area contributed by atoms with Gasteiger partial charge in [0, 0.05) is 48.5 Å². The smallest absolute Gasteiger partial charge is 0.303 e. The zero-order valence-corrected chi connectivity index (χ0v) is 18.1. The van der Waals surface area contributed by atoms with Gasteiger partial charge >= 0.3 is 5.97 Å². The number of rotatable bonds is 10. The SMILES string of the molecule is O=C(O)CCC/C=C\[C@@H]1C[C@@H](NS(=O)(=O)c2ccc(Cl)cc2)CN1Cc1ccc[nH]1. The Hall–Kier alpha value is -2.13. The first-order chi connectivity index (χ1) is 14.3. The van der Waals surface area contributed by atoms with Crippen molar-refractivity contribution in [2.75, 3.05) is 6.54 Å². The lowest BCUT2D eigenvalue weighted by Gasteiger charge is -2.21. The first-order valence-electron chi connectivity index (χ1n) is 9.86. The first-order valence-corrected chi connectivity index (χ1v) is 11.7. The van der Waals surface area contributed by atoms with Crippen LogP contribution in [-0.2, 0) is 21.4 Å². The van der Waals surface area contributed by atoms with Crippen LogP contribution < -0.4 is 4.72 Å². The number of aromatic amines is 1. The second kappa shape index (κ2) is 10.3. The van der Waals surface area contributed by atoms with E-state index in [9.17, 15) is 13.2 Å². The molecule has 162 valence electrons. The molecular weight excluding hydrogens is 426 g/mol. The Morgan fingerprint density at radius 2 is 2.07 bits per heavy atom. The van der Waals surface area contributed by atoms with Crippen molar-refractivity contribution >= 4 is 27.6 Å². The van der Waals surface area contributed by atoms with Crippen molar-refractivity contribution in [3.05, 3.63) is 65.5 Å². The number of likely N-dealkylation sites (tertiary alicyclic amines) is 1. The Bertz CT molecular complexity index is 959. The third-order valence-electron chi connectivity index (χ3n) is 5.05. The van der Waals surface area contributed by atoms with Crippen LogP contribution in [0, 0.1) is 0 Å². The van der Waals surface area contributed by atoms with E-state index < -0.39 is 16.0 Å². The number of nitrogens with one attached hydrogen (secondary N) is 2. The van der Waals surface area contributed by atoms with Crippen LogP contribution in [0.3, 0.4) is 0 Å². The fourth-order valence-corrected chi connectivity index (χ4v) is 4.98. The quantitative estimate of drug-likeness (QED) is 0.379. The molecule has 9 heteroatoms. The maximum atomic E-state index is 12.7. The Morgan fingerprint density at radius 3 is 2.73 bits per heavy atom. The molecule has 1 aliphatic heterocycles. The zero-order valence-electron chi connectivity index (χ0n) is 16.5. The van der Waals surface area contributed by atoms with Gasteiger partial charge in [0.25, 0.3) is 0 Å². The number of hydrogen-bond donors (Lipinski definition) is 3. The summed E-state index contributed by atoms with van der Waals surface area (Å²) in [6.07, 6.45) is 7.96. The molecular formula is C21H26ClN3O4S. The minimum atomic E-state index is -3.64. The van der Waals surface area contributed by atoms with E-state index in [2.05, 4.69) is 20.7 Å². The van der Waals surface area contributed by atoms with E-state index in [0.717, 1.165) is 5.69 Å². The monoisotopic (exact) mass is 451 g/mol. The number of hydrogen-bond acceptors (Lipinski definition) is 4. The number of carboxylic acid groups (broad SMARTS) is 1. The Kier molecular flexibility index (Phi) is 7.71. The van der Waals surface area contributed by atoms with Gasteiger partial charge in [-0.05, 0) is 55.7 Å². The molecule has 7 nitrogen and oxygen atoms in total. The van der Waals surface area contributed by atoms with Gasteiger partial charge in [-0.2, -0.15) is 0 Å². The van der Waals surface area contributed by atoms with Crippen molar-refractivity contribution in [2.45, 2.75) is 49.2 Å². The number of unbranched alkanes of at least 4 members (excludes halogenated alkanes) is 1. The van der Waals surface area contributed by atoms with Crippen molar-refractivity contribution in [1.82, 2.24) is 14.6 Å². The molecule has 2 aromatic rings. The maximum Gasteiger partial charge on any atom is 0.303 e. The lowest BCUT2D eigenvalue weighted by molar-refractivity contribution is -0.137. The lowest BCUT2D eigenvalue weighted by Crippen LogP contribution is -2.37. The summed E-state index contributed by atoms with van der Waals surface area (Å²) in [4.78, 5) is 16.2. The van der Waals surface area contributed by atoms with Gasteiger partial charge in [-0.15, -0.1) is 0 Å². The van der Waals surface area contributed by atoms with Gasteiger partial charge in [0.05, 0.1) is 4.90 Å². The predicted octanol–water partition coefficient (Wildman–Crippen LogP) is 3.40. The molecule has 1 fully saturated rings. The van der Waals surface area contributed by atoms with Crippen LogP contribution in [-0.4, -0.2) is 48.0 Å².